The molecule has 18 heavy (non-hydrogen) atoms. The monoisotopic (exact) mass is 268 g/mol. The highest BCUT2D eigenvalue weighted by Gasteiger charge is 2.35. The summed E-state index contributed by atoms with van der Waals surface area (Å²) in [6.07, 6.45) is 0. The van der Waals surface area contributed by atoms with Crippen LogP contribution >= 0.6 is 0 Å². The maximum Gasteiger partial charge on any atom is 0.392 e. The molecule has 0 spiro atoms. The molecular formula is C12H12O5S. The Morgan fingerprint density at radius 2 is 1.06 bits per heavy atom. The van der Waals surface area contributed by atoms with Gasteiger partial charge in [0.1, 0.15) is 11.5 Å². The lowest BCUT2D eigenvalue weighted by Crippen LogP contribution is -2.43. The minimum absolute atomic E-state index is 0.0235. The van der Waals surface area contributed by atoms with E-state index in [-0.39, 0.29) is 11.5 Å². The molecule has 0 radical (unpaired) electrons. The Kier molecular flexibility index (Phi) is 3.08. The van der Waals surface area contributed by atoms with E-state index in [0.29, 0.717) is 0 Å². The molecule has 2 aromatic rings. The van der Waals surface area contributed by atoms with Crippen LogP contribution < -0.4 is 8.37 Å². The molecule has 0 aliphatic heterocycles. The maximum atomic E-state index is 11.8. The van der Waals surface area contributed by atoms with E-state index in [1.54, 1.807) is 36.4 Å². The molecule has 0 heterocycles. The molecule has 0 fully saturated rings. The number of rotatable bonds is 4. The van der Waals surface area contributed by atoms with Gasteiger partial charge in [-0.2, -0.15) is 4.21 Å². The number of hydrogen-bond donors (Lipinski definition) is 2. The minimum atomic E-state index is -5.65. The molecule has 96 valence electrons. The minimum Gasteiger partial charge on any atom is -0.358 e. The van der Waals surface area contributed by atoms with Crippen molar-refractivity contribution in [2.45, 2.75) is 0 Å². The van der Waals surface area contributed by atoms with Crippen LogP contribution in [0.4, 0.5) is 0 Å². The summed E-state index contributed by atoms with van der Waals surface area (Å²) in [5.41, 5.74) is 0. The van der Waals surface area contributed by atoms with Gasteiger partial charge >= 0.3 is 10.2 Å². The zero-order chi connectivity index (χ0) is 13.1. The van der Waals surface area contributed by atoms with E-state index in [1.807, 2.05) is 0 Å². The molecule has 0 aromatic heterocycles. The topological polar surface area (TPSA) is 76.0 Å². The predicted molar refractivity (Wildman–Crippen MR) is 67.5 cm³/mol. The molecule has 0 saturated heterocycles. The summed E-state index contributed by atoms with van der Waals surface area (Å²) < 4.78 is 40.2. The molecule has 5 nitrogen and oxygen atoms in total. The van der Waals surface area contributed by atoms with Gasteiger partial charge in [-0.1, -0.05) is 36.4 Å². The molecule has 0 amide bonds. The van der Waals surface area contributed by atoms with E-state index >= 15 is 0 Å². The first-order valence-electron chi connectivity index (χ1n) is 5.09. The van der Waals surface area contributed by atoms with Crippen LogP contribution in [0.3, 0.4) is 0 Å². The summed E-state index contributed by atoms with van der Waals surface area (Å²) in [6.45, 7) is 0. The summed E-state index contributed by atoms with van der Waals surface area (Å²) in [5.74, 6) is 0.0471. The van der Waals surface area contributed by atoms with Crippen LogP contribution in [0.2, 0.25) is 0 Å². The molecule has 2 N–H and O–H groups in total. The van der Waals surface area contributed by atoms with Crippen LogP contribution in [0, 0.1) is 0 Å². The van der Waals surface area contributed by atoms with E-state index in [2.05, 4.69) is 8.37 Å². The van der Waals surface area contributed by atoms with Gasteiger partial charge in [-0.05, 0) is 24.3 Å². The van der Waals surface area contributed by atoms with E-state index in [1.165, 1.54) is 24.3 Å². The summed E-state index contributed by atoms with van der Waals surface area (Å²) in [7, 11) is -5.65. The average Bonchev–Trinajstić information content (AvgIpc) is 2.29. The third kappa shape index (κ3) is 3.56. The van der Waals surface area contributed by atoms with Crippen molar-refractivity contribution in [3.8, 4) is 11.5 Å². The van der Waals surface area contributed by atoms with Crippen LogP contribution in [-0.4, -0.2) is 13.3 Å². The van der Waals surface area contributed by atoms with Gasteiger partial charge < -0.3 is 8.37 Å². The summed E-state index contributed by atoms with van der Waals surface area (Å²) >= 11 is 0. The third-order valence-corrected chi connectivity index (χ3v) is 2.92. The Morgan fingerprint density at radius 1 is 0.722 bits per heavy atom. The van der Waals surface area contributed by atoms with E-state index in [4.69, 9.17) is 0 Å². The van der Waals surface area contributed by atoms with Gasteiger partial charge in [0, 0.05) is 0 Å². The molecule has 6 heteroatoms. The third-order valence-electron chi connectivity index (χ3n) is 1.96. The largest absolute Gasteiger partial charge is 0.392 e. The van der Waals surface area contributed by atoms with Gasteiger partial charge in [0.05, 0.1) is 0 Å². The molecule has 2 rings (SSSR count). The summed E-state index contributed by atoms with van der Waals surface area (Å²) in [4.78, 5) is 0. The number of hydrogen-bond acceptors (Lipinski definition) is 3. The van der Waals surface area contributed by atoms with Crippen LogP contribution in [0.5, 0.6) is 11.5 Å². The second kappa shape index (κ2) is 4.41. The quantitative estimate of drug-likeness (QED) is 0.891. The highest BCUT2D eigenvalue weighted by atomic mass is 32.3. The van der Waals surface area contributed by atoms with Crippen molar-refractivity contribution in [1.29, 1.82) is 0 Å². The highest BCUT2D eigenvalue weighted by molar-refractivity contribution is 8.02. The van der Waals surface area contributed by atoms with Crippen LogP contribution in [0.15, 0.2) is 60.7 Å². The molecule has 0 aliphatic rings. The maximum absolute atomic E-state index is 11.8. The predicted octanol–water partition coefficient (Wildman–Crippen LogP) is 2.74. The zero-order valence-corrected chi connectivity index (χ0v) is 10.1. The second-order valence-corrected chi connectivity index (χ2v) is 5.33. The van der Waals surface area contributed by atoms with Crippen LogP contribution in [0.25, 0.3) is 0 Å². The molecule has 0 atom stereocenters. The molecule has 0 unspecified atom stereocenters. The fourth-order valence-corrected chi connectivity index (χ4v) is 2.21. The Hall–Kier alpha value is -1.89. The van der Waals surface area contributed by atoms with E-state index in [0.717, 1.165) is 0 Å². The SMILES string of the molecule is O=S(O)(O)(Oc1ccccc1)Oc1ccccc1. The molecular weight excluding hydrogens is 256 g/mol. The van der Waals surface area contributed by atoms with Gasteiger partial charge in [-0.15, -0.1) is 0 Å². The Labute approximate surface area is 104 Å². The van der Waals surface area contributed by atoms with Gasteiger partial charge in [0.2, 0.25) is 0 Å². The standard InChI is InChI=1S/C12H12O5S/c13-18(14,15,16-11-7-3-1-4-8-11)17-12-9-5-2-6-10-12/h1-10H,(H2,13,14,15). The lowest BCUT2D eigenvalue weighted by molar-refractivity contribution is 0.211. The fraction of sp³-hybridized carbons (Fsp3) is 0. The van der Waals surface area contributed by atoms with Crippen molar-refractivity contribution in [3.05, 3.63) is 60.7 Å². The van der Waals surface area contributed by atoms with Gasteiger partial charge in [0.25, 0.3) is 0 Å². The number of para-hydroxylation sites is 2. The van der Waals surface area contributed by atoms with Gasteiger partial charge in [-0.25, -0.2) is 9.11 Å². The number of benzene rings is 2. The molecule has 0 aliphatic carbocycles. The molecule has 2 aromatic carbocycles. The van der Waals surface area contributed by atoms with Crippen molar-refractivity contribution in [3.63, 3.8) is 0 Å². The van der Waals surface area contributed by atoms with E-state index in [9.17, 15) is 13.3 Å². The van der Waals surface area contributed by atoms with Crippen molar-refractivity contribution in [2.75, 3.05) is 0 Å². The van der Waals surface area contributed by atoms with E-state index < -0.39 is 10.2 Å². The smallest absolute Gasteiger partial charge is 0.358 e. The Morgan fingerprint density at radius 3 is 1.39 bits per heavy atom. The van der Waals surface area contributed by atoms with Crippen molar-refractivity contribution >= 4 is 10.2 Å². The first kappa shape index (κ1) is 12.6. The highest BCUT2D eigenvalue weighted by Crippen LogP contribution is 2.27. The average molecular weight is 268 g/mol. The Bertz CT molecular complexity index is 528. The zero-order valence-electron chi connectivity index (χ0n) is 9.30. The fourth-order valence-electron chi connectivity index (χ4n) is 1.30. The summed E-state index contributed by atoms with van der Waals surface area (Å²) in [5, 5.41) is 0. The normalized spacial score (nSPS) is 13.3. The first-order valence-corrected chi connectivity index (χ1v) is 6.83. The Balaban J connectivity index is 2.21. The van der Waals surface area contributed by atoms with Crippen molar-refractivity contribution in [2.24, 2.45) is 0 Å². The first-order chi connectivity index (χ1) is 8.42. The lowest BCUT2D eigenvalue weighted by Gasteiger charge is -2.29. The van der Waals surface area contributed by atoms with Gasteiger partial charge in [0.15, 0.2) is 0 Å². The second-order valence-electron chi connectivity index (χ2n) is 3.53. The van der Waals surface area contributed by atoms with Crippen LogP contribution in [-0.2, 0) is 10.2 Å². The van der Waals surface area contributed by atoms with Crippen molar-refractivity contribution in [1.82, 2.24) is 0 Å². The molecule has 0 saturated carbocycles. The van der Waals surface area contributed by atoms with Gasteiger partial charge in [-0.3, -0.25) is 0 Å². The summed E-state index contributed by atoms with van der Waals surface area (Å²) in [6, 6.07) is 15.5. The van der Waals surface area contributed by atoms with Crippen LogP contribution in [0.1, 0.15) is 0 Å². The molecule has 0 bridgehead atoms. The van der Waals surface area contributed by atoms with Crippen molar-refractivity contribution < 1.29 is 21.7 Å². The lowest BCUT2D eigenvalue weighted by atomic mass is 10.3.